The molecule has 1 rings (SSSR count). The Labute approximate surface area is 98.2 Å². The predicted molar refractivity (Wildman–Crippen MR) is 64.1 cm³/mol. The Hall–Kier alpha value is -2.09. The Kier molecular flexibility index (Phi) is 3.37. The van der Waals surface area contributed by atoms with E-state index in [4.69, 9.17) is 17.2 Å². The summed E-state index contributed by atoms with van der Waals surface area (Å²) in [6.07, 6.45) is 0.994. The van der Waals surface area contributed by atoms with Crippen LogP contribution >= 0.6 is 0 Å². The standard InChI is InChI=1S/C9H12N4O3S/c1-17(15,16)7-4-5(2-3-6(7)10)8(14)13-9(11)12/h2-4H,10H2,1H3,(H4,11,12,13,14). The molecule has 0 aliphatic rings. The molecule has 0 radical (unpaired) electrons. The zero-order chi connectivity index (χ0) is 13.2. The molecular formula is C9H12N4O3S. The fourth-order valence-electron chi connectivity index (χ4n) is 1.17. The van der Waals surface area contributed by atoms with Gasteiger partial charge in [-0.1, -0.05) is 0 Å². The summed E-state index contributed by atoms with van der Waals surface area (Å²) in [5.41, 5.74) is 15.7. The second-order valence-electron chi connectivity index (χ2n) is 3.37. The molecule has 0 aromatic heterocycles. The summed E-state index contributed by atoms with van der Waals surface area (Å²) in [6, 6.07) is 3.80. The van der Waals surface area contributed by atoms with Crippen molar-refractivity contribution in [1.29, 1.82) is 0 Å². The first kappa shape index (κ1) is 13.0. The molecule has 6 N–H and O–H groups in total. The fraction of sp³-hybridized carbons (Fsp3) is 0.111. The molecule has 0 saturated heterocycles. The van der Waals surface area contributed by atoms with Crippen molar-refractivity contribution in [2.24, 2.45) is 16.5 Å². The minimum Gasteiger partial charge on any atom is -0.398 e. The molecule has 0 saturated carbocycles. The Balaban J connectivity index is 3.32. The van der Waals surface area contributed by atoms with Gasteiger partial charge < -0.3 is 17.2 Å². The molecule has 17 heavy (non-hydrogen) atoms. The first-order valence-electron chi connectivity index (χ1n) is 4.45. The highest BCUT2D eigenvalue weighted by Crippen LogP contribution is 2.20. The lowest BCUT2D eigenvalue weighted by Crippen LogP contribution is -2.24. The quantitative estimate of drug-likeness (QED) is 0.355. The molecule has 8 heteroatoms. The molecule has 0 aliphatic carbocycles. The third-order valence-corrected chi connectivity index (χ3v) is 3.04. The van der Waals surface area contributed by atoms with Crippen molar-refractivity contribution < 1.29 is 13.2 Å². The number of nitrogens with zero attached hydrogens (tertiary/aromatic N) is 1. The van der Waals surface area contributed by atoms with E-state index in [1.807, 2.05) is 0 Å². The summed E-state index contributed by atoms with van der Waals surface area (Å²) in [7, 11) is -3.51. The molecule has 0 aliphatic heterocycles. The van der Waals surface area contributed by atoms with E-state index in [1.165, 1.54) is 12.1 Å². The van der Waals surface area contributed by atoms with Crippen LogP contribution in [0, 0.1) is 0 Å². The molecule has 0 bridgehead atoms. The summed E-state index contributed by atoms with van der Waals surface area (Å²) in [4.78, 5) is 14.6. The number of benzene rings is 1. The zero-order valence-corrected chi connectivity index (χ0v) is 9.86. The molecule has 0 fully saturated rings. The molecule has 1 amide bonds. The second kappa shape index (κ2) is 4.42. The number of hydrogen-bond donors (Lipinski definition) is 3. The number of amides is 1. The Morgan fingerprint density at radius 2 is 1.88 bits per heavy atom. The molecule has 0 heterocycles. The maximum atomic E-state index is 11.5. The van der Waals surface area contributed by atoms with Crippen LogP contribution in [0.15, 0.2) is 28.1 Å². The van der Waals surface area contributed by atoms with Gasteiger partial charge in [0.05, 0.1) is 10.6 Å². The Morgan fingerprint density at radius 3 is 2.35 bits per heavy atom. The van der Waals surface area contributed by atoms with E-state index in [0.717, 1.165) is 12.3 Å². The SMILES string of the molecule is CS(=O)(=O)c1cc(C(=O)N=C(N)N)ccc1N. The number of aliphatic imine (C=N–C) groups is 1. The second-order valence-corrected chi connectivity index (χ2v) is 5.35. The highest BCUT2D eigenvalue weighted by atomic mass is 32.2. The van der Waals surface area contributed by atoms with E-state index in [1.54, 1.807) is 0 Å². The van der Waals surface area contributed by atoms with Crippen molar-refractivity contribution >= 4 is 27.4 Å². The van der Waals surface area contributed by atoms with Crippen molar-refractivity contribution in [2.45, 2.75) is 4.90 Å². The molecule has 0 spiro atoms. The molecular weight excluding hydrogens is 244 g/mol. The molecule has 7 nitrogen and oxygen atoms in total. The van der Waals surface area contributed by atoms with Gasteiger partial charge in [0.1, 0.15) is 0 Å². The van der Waals surface area contributed by atoms with Gasteiger partial charge in [0.25, 0.3) is 5.91 Å². The lowest BCUT2D eigenvalue weighted by Gasteiger charge is -2.04. The average Bonchev–Trinajstić information content (AvgIpc) is 2.15. The highest BCUT2D eigenvalue weighted by Gasteiger charge is 2.15. The first-order chi connectivity index (χ1) is 7.71. The molecule has 0 atom stereocenters. The predicted octanol–water partition coefficient (Wildman–Crippen LogP) is -0.914. The van der Waals surface area contributed by atoms with E-state index in [0.29, 0.717) is 0 Å². The van der Waals surface area contributed by atoms with Crippen LogP contribution in [0.3, 0.4) is 0 Å². The maximum Gasteiger partial charge on any atom is 0.280 e. The third kappa shape index (κ3) is 3.18. The summed E-state index contributed by atoms with van der Waals surface area (Å²) >= 11 is 0. The summed E-state index contributed by atoms with van der Waals surface area (Å²) in [5.74, 6) is -1.12. The number of carbonyl (C=O) groups is 1. The molecule has 1 aromatic rings. The minimum atomic E-state index is -3.51. The van der Waals surface area contributed by atoms with Crippen molar-refractivity contribution in [3.63, 3.8) is 0 Å². The number of guanidine groups is 1. The summed E-state index contributed by atoms with van der Waals surface area (Å²) < 4.78 is 22.7. The van der Waals surface area contributed by atoms with Gasteiger partial charge in [-0.05, 0) is 18.2 Å². The van der Waals surface area contributed by atoms with Crippen LogP contribution in [0.4, 0.5) is 5.69 Å². The van der Waals surface area contributed by atoms with Crippen LogP contribution in [0.2, 0.25) is 0 Å². The van der Waals surface area contributed by atoms with E-state index in [-0.39, 0.29) is 16.1 Å². The molecule has 0 unspecified atom stereocenters. The van der Waals surface area contributed by atoms with E-state index in [9.17, 15) is 13.2 Å². The lowest BCUT2D eigenvalue weighted by molar-refractivity contribution is 0.100. The van der Waals surface area contributed by atoms with Gasteiger partial charge >= 0.3 is 0 Å². The summed E-state index contributed by atoms with van der Waals surface area (Å²) in [6.45, 7) is 0. The third-order valence-electron chi connectivity index (χ3n) is 1.89. The van der Waals surface area contributed by atoms with Crippen LogP contribution in [-0.4, -0.2) is 26.5 Å². The minimum absolute atomic E-state index is 0.0491. The van der Waals surface area contributed by atoms with E-state index in [2.05, 4.69) is 4.99 Å². The highest BCUT2D eigenvalue weighted by molar-refractivity contribution is 7.90. The average molecular weight is 256 g/mol. The van der Waals surface area contributed by atoms with Crippen molar-refractivity contribution in [3.8, 4) is 0 Å². The number of nitrogens with two attached hydrogens (primary N) is 3. The van der Waals surface area contributed by atoms with Gasteiger partial charge in [0, 0.05) is 11.8 Å². The Bertz CT molecular complexity index is 588. The topological polar surface area (TPSA) is 142 Å². The van der Waals surface area contributed by atoms with Gasteiger partial charge in [-0.15, -0.1) is 0 Å². The monoisotopic (exact) mass is 256 g/mol. The number of anilines is 1. The molecule has 1 aromatic carbocycles. The van der Waals surface area contributed by atoms with Crippen LogP contribution in [0.1, 0.15) is 10.4 Å². The number of carbonyl (C=O) groups excluding carboxylic acids is 1. The zero-order valence-electron chi connectivity index (χ0n) is 9.04. The molecule has 92 valence electrons. The number of rotatable bonds is 2. The fourth-order valence-corrected chi connectivity index (χ4v) is 2.01. The van der Waals surface area contributed by atoms with Gasteiger partial charge in [-0.3, -0.25) is 4.79 Å². The van der Waals surface area contributed by atoms with Crippen molar-refractivity contribution in [3.05, 3.63) is 23.8 Å². The van der Waals surface area contributed by atoms with Crippen molar-refractivity contribution in [1.82, 2.24) is 0 Å². The van der Waals surface area contributed by atoms with Gasteiger partial charge in [-0.25, -0.2) is 8.42 Å². The van der Waals surface area contributed by atoms with Crippen LogP contribution in [-0.2, 0) is 9.84 Å². The Morgan fingerprint density at radius 1 is 1.29 bits per heavy atom. The van der Waals surface area contributed by atoms with Gasteiger partial charge in [0.15, 0.2) is 15.8 Å². The summed E-state index contributed by atoms with van der Waals surface area (Å²) in [5, 5.41) is 0. The normalized spacial score (nSPS) is 10.9. The number of sulfone groups is 1. The number of nitrogen functional groups attached to an aromatic ring is 1. The van der Waals surface area contributed by atoms with E-state index < -0.39 is 21.7 Å². The first-order valence-corrected chi connectivity index (χ1v) is 6.34. The van der Waals surface area contributed by atoms with Crippen LogP contribution < -0.4 is 17.2 Å². The van der Waals surface area contributed by atoms with Gasteiger partial charge in [0.2, 0.25) is 0 Å². The van der Waals surface area contributed by atoms with Gasteiger partial charge in [-0.2, -0.15) is 4.99 Å². The largest absolute Gasteiger partial charge is 0.398 e. The smallest absolute Gasteiger partial charge is 0.280 e. The van der Waals surface area contributed by atoms with Crippen LogP contribution in [0.25, 0.3) is 0 Å². The van der Waals surface area contributed by atoms with Crippen molar-refractivity contribution in [2.75, 3.05) is 12.0 Å². The number of hydrogen-bond acceptors (Lipinski definition) is 4. The van der Waals surface area contributed by atoms with E-state index >= 15 is 0 Å². The van der Waals surface area contributed by atoms with Crippen LogP contribution in [0.5, 0.6) is 0 Å². The lowest BCUT2D eigenvalue weighted by atomic mass is 10.2. The maximum absolute atomic E-state index is 11.5.